The van der Waals surface area contributed by atoms with E-state index in [0.717, 1.165) is 40.1 Å². The molecule has 2 amide bonds. The maximum absolute atomic E-state index is 13.9. The Morgan fingerprint density at radius 1 is 1.00 bits per heavy atom. The maximum atomic E-state index is 13.9. The molecule has 0 atom stereocenters. The van der Waals surface area contributed by atoms with Crippen LogP contribution >= 0.6 is 11.3 Å². The largest absolute Gasteiger partial charge is 0.486 e. The number of thiazole rings is 1. The number of piperidine rings is 1. The molecule has 2 fully saturated rings. The minimum Gasteiger partial charge on any atom is -0.486 e. The van der Waals surface area contributed by atoms with Gasteiger partial charge in [-0.1, -0.05) is 24.8 Å². The second-order valence-electron chi connectivity index (χ2n) is 10.8. The van der Waals surface area contributed by atoms with Crippen LogP contribution in [0.15, 0.2) is 60.7 Å². The summed E-state index contributed by atoms with van der Waals surface area (Å²) in [6.45, 7) is 8.70. The Bertz CT molecular complexity index is 1440. The number of para-hydroxylation sites is 1. The van der Waals surface area contributed by atoms with E-state index < -0.39 is 6.43 Å². The van der Waals surface area contributed by atoms with Crippen LogP contribution in [0.4, 0.5) is 8.78 Å². The molecule has 0 bridgehead atoms. The molecule has 3 heterocycles. The number of hydrogen-bond donors (Lipinski definition) is 0. The molecule has 5 rings (SSSR count). The van der Waals surface area contributed by atoms with Crippen LogP contribution in [-0.2, 0) is 16.2 Å². The molecule has 0 unspecified atom stereocenters. The van der Waals surface area contributed by atoms with Crippen molar-refractivity contribution in [2.24, 2.45) is 0 Å². The molecular weight excluding hydrogens is 558 g/mol. The summed E-state index contributed by atoms with van der Waals surface area (Å²) < 4.78 is 32.8. The predicted molar refractivity (Wildman–Crippen MR) is 162 cm³/mol. The lowest BCUT2D eigenvalue weighted by atomic mass is 9.96. The molecule has 222 valence electrons. The summed E-state index contributed by atoms with van der Waals surface area (Å²) in [5.74, 6) is 0.160. The summed E-state index contributed by atoms with van der Waals surface area (Å²) in [5, 5.41) is 0.853. The number of hydrogen-bond acceptors (Lipinski definition) is 6. The van der Waals surface area contributed by atoms with Crippen LogP contribution in [0.1, 0.15) is 35.4 Å². The van der Waals surface area contributed by atoms with Crippen LogP contribution in [-0.4, -0.2) is 83.7 Å². The number of carbonyl (C=O) groups is 2. The fourth-order valence-corrected chi connectivity index (χ4v) is 6.28. The predicted octanol–water partition coefficient (Wildman–Crippen LogP) is 5.55. The maximum Gasteiger partial charge on any atom is 0.254 e. The number of aromatic nitrogens is 1. The summed E-state index contributed by atoms with van der Waals surface area (Å²) >= 11 is 1.58. The van der Waals surface area contributed by atoms with E-state index in [2.05, 4.69) is 11.6 Å². The summed E-state index contributed by atoms with van der Waals surface area (Å²) in [6.07, 6.45) is 2.14. The Balaban J connectivity index is 1.37. The molecule has 2 saturated heterocycles. The molecule has 7 nitrogen and oxygen atoms in total. The molecule has 3 aromatic rings. The molecule has 0 radical (unpaired) electrons. The third kappa shape index (κ3) is 7.22. The van der Waals surface area contributed by atoms with E-state index in [1.807, 2.05) is 54.3 Å². The van der Waals surface area contributed by atoms with Crippen LogP contribution < -0.4 is 4.74 Å². The van der Waals surface area contributed by atoms with Gasteiger partial charge >= 0.3 is 0 Å². The minimum atomic E-state index is -2.40. The van der Waals surface area contributed by atoms with Gasteiger partial charge in [0.1, 0.15) is 17.4 Å². The average molecular weight is 595 g/mol. The van der Waals surface area contributed by atoms with Crippen LogP contribution in [0.2, 0.25) is 0 Å². The van der Waals surface area contributed by atoms with Crippen molar-refractivity contribution in [3.8, 4) is 5.75 Å². The molecule has 42 heavy (non-hydrogen) atoms. The zero-order valence-corrected chi connectivity index (χ0v) is 24.7. The first-order valence-electron chi connectivity index (χ1n) is 14.4. The molecule has 2 aromatic carbocycles. The fourth-order valence-electron chi connectivity index (χ4n) is 5.40. The molecule has 2 aliphatic rings. The van der Waals surface area contributed by atoms with E-state index in [-0.39, 0.29) is 23.9 Å². The second kappa shape index (κ2) is 13.6. The Labute approximate surface area is 249 Å². The van der Waals surface area contributed by atoms with Gasteiger partial charge in [0.25, 0.3) is 18.2 Å². The van der Waals surface area contributed by atoms with Gasteiger partial charge < -0.3 is 14.5 Å². The van der Waals surface area contributed by atoms with Gasteiger partial charge in [0.2, 0.25) is 0 Å². The summed E-state index contributed by atoms with van der Waals surface area (Å²) in [6, 6.07) is 13.6. The van der Waals surface area contributed by atoms with E-state index in [9.17, 15) is 18.4 Å². The smallest absolute Gasteiger partial charge is 0.254 e. The lowest BCUT2D eigenvalue weighted by molar-refractivity contribution is -0.128. The first-order chi connectivity index (χ1) is 20.3. The number of benzene rings is 2. The second-order valence-corrected chi connectivity index (χ2v) is 11.9. The van der Waals surface area contributed by atoms with Gasteiger partial charge in [-0.15, -0.1) is 11.3 Å². The quantitative estimate of drug-likeness (QED) is 0.240. The number of amides is 2. The number of aryl methyl sites for hydroxylation is 1. The summed E-state index contributed by atoms with van der Waals surface area (Å²) in [7, 11) is 0. The Kier molecular flexibility index (Phi) is 9.64. The Morgan fingerprint density at radius 3 is 2.43 bits per heavy atom. The molecule has 2 aliphatic heterocycles. The highest BCUT2D eigenvalue weighted by atomic mass is 32.1. The number of alkyl halides is 2. The fraction of sp³-hybridized carbons (Fsp3) is 0.406. The van der Waals surface area contributed by atoms with Crippen molar-refractivity contribution < 1.29 is 23.1 Å². The number of likely N-dealkylation sites (tertiary alicyclic amines) is 1. The molecule has 1 aromatic heterocycles. The highest BCUT2D eigenvalue weighted by Crippen LogP contribution is 2.30. The van der Waals surface area contributed by atoms with Crippen molar-refractivity contribution in [2.75, 3.05) is 45.8 Å². The van der Waals surface area contributed by atoms with Gasteiger partial charge in [-0.2, -0.15) is 0 Å². The Morgan fingerprint density at radius 2 is 1.71 bits per heavy atom. The third-order valence-corrected chi connectivity index (χ3v) is 8.73. The monoisotopic (exact) mass is 594 g/mol. The number of rotatable bonds is 9. The van der Waals surface area contributed by atoms with Crippen molar-refractivity contribution in [3.05, 3.63) is 76.8 Å². The third-order valence-electron chi connectivity index (χ3n) is 7.72. The number of carbonyl (C=O) groups excluding carboxylic acids is 2. The van der Waals surface area contributed by atoms with E-state index in [0.29, 0.717) is 62.8 Å². The summed E-state index contributed by atoms with van der Waals surface area (Å²) in [4.78, 5) is 37.0. The average Bonchev–Trinajstić information content (AvgIpc) is 3.42. The van der Waals surface area contributed by atoms with Crippen molar-refractivity contribution >= 4 is 38.9 Å². The zero-order chi connectivity index (χ0) is 29.6. The SMILES string of the molecule is C=C(/C=C(/C(=O)N1CCCCC1)c1cc(OCc2nc3ccccc3s2)ccc1C)C(=O)N1CCN(CC(F)F)CC1. The van der Waals surface area contributed by atoms with E-state index in [1.165, 1.54) is 0 Å². The van der Waals surface area contributed by atoms with Crippen molar-refractivity contribution in [2.45, 2.75) is 39.2 Å². The molecule has 0 spiro atoms. The normalized spacial score (nSPS) is 16.7. The van der Waals surface area contributed by atoms with E-state index >= 15 is 0 Å². The number of piperazine rings is 1. The molecule has 10 heteroatoms. The topological polar surface area (TPSA) is 66.0 Å². The van der Waals surface area contributed by atoms with Gasteiger partial charge in [-0.25, -0.2) is 13.8 Å². The van der Waals surface area contributed by atoms with Crippen LogP contribution in [0.25, 0.3) is 15.8 Å². The van der Waals surface area contributed by atoms with Crippen LogP contribution in [0.3, 0.4) is 0 Å². The van der Waals surface area contributed by atoms with Gasteiger partial charge in [-0.05, 0) is 67.7 Å². The number of fused-ring (bicyclic) bond motifs is 1. The van der Waals surface area contributed by atoms with Crippen LogP contribution in [0, 0.1) is 6.92 Å². The number of nitrogens with zero attached hydrogens (tertiary/aromatic N) is 4. The van der Waals surface area contributed by atoms with Crippen LogP contribution in [0.5, 0.6) is 5.75 Å². The molecule has 0 N–H and O–H groups in total. The highest BCUT2D eigenvalue weighted by molar-refractivity contribution is 7.18. The van der Waals surface area contributed by atoms with Crippen molar-refractivity contribution in [3.63, 3.8) is 0 Å². The lowest BCUT2D eigenvalue weighted by Gasteiger charge is -2.34. The molecular formula is C32H36F2N4O3S. The zero-order valence-electron chi connectivity index (χ0n) is 23.9. The standard InChI is InChI=1S/C32H36F2N4O3S/c1-22-10-11-24(41-21-30-35-27-8-4-5-9-28(27)42-30)19-25(22)26(32(40)37-12-6-3-7-13-37)18-23(2)31(39)38-16-14-36(15-17-38)20-29(33)34/h4-5,8-11,18-19,29H,2-3,6-7,12-17,20-21H2,1H3/b26-18+. The van der Waals surface area contributed by atoms with Gasteiger partial charge in [-0.3, -0.25) is 14.5 Å². The first kappa shape index (κ1) is 29.8. The van der Waals surface area contributed by atoms with E-state index in [4.69, 9.17) is 4.74 Å². The number of halogens is 2. The van der Waals surface area contributed by atoms with Crippen molar-refractivity contribution in [1.29, 1.82) is 0 Å². The summed E-state index contributed by atoms with van der Waals surface area (Å²) in [5.41, 5.74) is 3.08. The lowest BCUT2D eigenvalue weighted by Crippen LogP contribution is -2.50. The first-order valence-corrected chi connectivity index (χ1v) is 15.2. The van der Waals surface area contributed by atoms with Crippen molar-refractivity contribution in [1.82, 2.24) is 19.7 Å². The molecule has 0 saturated carbocycles. The van der Waals surface area contributed by atoms with Gasteiger partial charge in [0.15, 0.2) is 0 Å². The van der Waals surface area contributed by atoms with E-state index in [1.54, 1.807) is 27.2 Å². The Hall–Kier alpha value is -3.63. The minimum absolute atomic E-state index is 0.142. The molecule has 0 aliphatic carbocycles. The van der Waals surface area contributed by atoms with Gasteiger partial charge in [0.05, 0.1) is 16.8 Å². The number of ether oxygens (including phenoxy) is 1. The van der Waals surface area contributed by atoms with Gasteiger partial charge in [0, 0.05) is 50.4 Å². The highest BCUT2D eigenvalue weighted by Gasteiger charge is 2.27.